The van der Waals surface area contributed by atoms with E-state index < -0.39 is 0 Å². The van der Waals surface area contributed by atoms with E-state index in [2.05, 4.69) is 38.1 Å². The second kappa shape index (κ2) is 5.64. The van der Waals surface area contributed by atoms with Gasteiger partial charge in [-0.2, -0.15) is 0 Å². The molecule has 2 aliphatic rings. The number of amides is 1. The van der Waals surface area contributed by atoms with E-state index in [-0.39, 0.29) is 11.9 Å². The van der Waals surface area contributed by atoms with Crippen molar-refractivity contribution in [2.75, 3.05) is 18.1 Å². The first-order valence-electron chi connectivity index (χ1n) is 7.78. The minimum absolute atomic E-state index is 0.133. The summed E-state index contributed by atoms with van der Waals surface area (Å²) in [7, 11) is 0. The van der Waals surface area contributed by atoms with Crippen molar-refractivity contribution < 1.29 is 9.53 Å². The van der Waals surface area contributed by atoms with Crippen molar-refractivity contribution in [3.05, 3.63) is 35.4 Å². The Labute approximate surface area is 126 Å². The van der Waals surface area contributed by atoms with E-state index in [0.717, 1.165) is 25.1 Å². The maximum atomic E-state index is 12.0. The molecule has 2 unspecified atom stereocenters. The van der Waals surface area contributed by atoms with Crippen molar-refractivity contribution >= 4 is 17.2 Å². The number of hydrogen-bond donors (Lipinski definition) is 0. The molecule has 1 amide bonds. The molecule has 2 heterocycles. The number of hydrogen-bond acceptors (Lipinski definition) is 2. The van der Waals surface area contributed by atoms with Crippen molar-refractivity contribution in [2.45, 2.75) is 39.7 Å². The second-order valence-electron chi connectivity index (χ2n) is 6.21. The molecule has 3 rings (SSSR count). The molecule has 0 saturated carbocycles. The molecule has 0 aromatic heterocycles. The summed E-state index contributed by atoms with van der Waals surface area (Å²) in [6.45, 7) is 7.54. The molecule has 0 aliphatic carbocycles. The van der Waals surface area contributed by atoms with Gasteiger partial charge in [0.2, 0.25) is 5.91 Å². The van der Waals surface area contributed by atoms with Gasteiger partial charge in [-0.1, -0.05) is 19.1 Å². The molecule has 0 fully saturated rings. The minimum Gasteiger partial charge on any atom is -0.377 e. The van der Waals surface area contributed by atoms with Crippen LogP contribution in [0.15, 0.2) is 24.3 Å². The highest BCUT2D eigenvalue weighted by molar-refractivity contribution is 5.94. The Kier molecular flexibility index (Phi) is 3.85. The minimum atomic E-state index is 0.133. The van der Waals surface area contributed by atoms with E-state index >= 15 is 0 Å². The Balaban J connectivity index is 2.00. The summed E-state index contributed by atoms with van der Waals surface area (Å²) in [4.78, 5) is 14.0. The summed E-state index contributed by atoms with van der Waals surface area (Å²) < 4.78 is 5.38. The van der Waals surface area contributed by atoms with Crippen LogP contribution in [0.3, 0.4) is 0 Å². The van der Waals surface area contributed by atoms with Crippen molar-refractivity contribution in [2.24, 2.45) is 5.92 Å². The molecule has 2 atom stereocenters. The molecule has 2 aliphatic heterocycles. The fourth-order valence-electron chi connectivity index (χ4n) is 3.42. The zero-order valence-electron chi connectivity index (χ0n) is 13.1. The van der Waals surface area contributed by atoms with Crippen LogP contribution in [0.2, 0.25) is 0 Å². The molecule has 3 nitrogen and oxygen atoms in total. The molecule has 0 saturated heterocycles. The lowest BCUT2D eigenvalue weighted by Crippen LogP contribution is -2.45. The second-order valence-corrected chi connectivity index (χ2v) is 6.21. The van der Waals surface area contributed by atoms with Gasteiger partial charge in [0, 0.05) is 18.7 Å². The summed E-state index contributed by atoms with van der Waals surface area (Å²) in [6.07, 6.45) is 4.18. The number of fused-ring (bicyclic) bond motifs is 1. The Hall–Kier alpha value is -1.61. The van der Waals surface area contributed by atoms with Gasteiger partial charge in [-0.15, -0.1) is 0 Å². The number of carbonyl (C=O) groups is 1. The largest absolute Gasteiger partial charge is 0.377 e. The van der Waals surface area contributed by atoms with Crippen LogP contribution in [0.4, 0.5) is 5.69 Å². The van der Waals surface area contributed by atoms with Crippen LogP contribution in [-0.2, 0) is 16.0 Å². The smallest absolute Gasteiger partial charge is 0.224 e. The van der Waals surface area contributed by atoms with Gasteiger partial charge in [-0.3, -0.25) is 4.79 Å². The fraction of sp³-hybridized carbons (Fsp3) is 0.500. The Morgan fingerprint density at radius 3 is 2.81 bits per heavy atom. The van der Waals surface area contributed by atoms with E-state index in [1.807, 2.05) is 4.90 Å². The summed E-state index contributed by atoms with van der Waals surface area (Å²) in [6, 6.07) is 6.80. The van der Waals surface area contributed by atoms with Gasteiger partial charge >= 0.3 is 0 Å². The maximum absolute atomic E-state index is 12.0. The van der Waals surface area contributed by atoms with Crippen molar-refractivity contribution in [1.29, 1.82) is 0 Å². The average molecular weight is 285 g/mol. The molecule has 1 aromatic carbocycles. The lowest BCUT2D eigenvalue weighted by atomic mass is 9.86. The van der Waals surface area contributed by atoms with Crippen LogP contribution in [0, 0.1) is 5.92 Å². The molecular weight excluding hydrogens is 262 g/mol. The highest BCUT2D eigenvalue weighted by atomic mass is 16.5. The molecule has 0 N–H and O–H groups in total. The van der Waals surface area contributed by atoms with Gasteiger partial charge in [-0.25, -0.2) is 0 Å². The van der Waals surface area contributed by atoms with Crippen molar-refractivity contribution in [3.8, 4) is 0 Å². The van der Waals surface area contributed by atoms with E-state index in [1.54, 1.807) is 6.92 Å². The highest BCUT2D eigenvalue weighted by Gasteiger charge is 2.31. The van der Waals surface area contributed by atoms with Crippen LogP contribution in [0.25, 0.3) is 5.57 Å². The zero-order chi connectivity index (χ0) is 15.0. The average Bonchev–Trinajstić information content (AvgIpc) is 2.48. The number of carbonyl (C=O) groups excluding carboxylic acids is 1. The zero-order valence-corrected chi connectivity index (χ0v) is 13.1. The number of nitrogens with zero attached hydrogens (tertiary/aromatic N) is 1. The van der Waals surface area contributed by atoms with Gasteiger partial charge in [0.25, 0.3) is 0 Å². The Morgan fingerprint density at radius 2 is 2.14 bits per heavy atom. The highest BCUT2D eigenvalue weighted by Crippen LogP contribution is 2.36. The lowest BCUT2D eigenvalue weighted by molar-refractivity contribution is -0.117. The third-order valence-corrected chi connectivity index (χ3v) is 4.79. The molecule has 0 bridgehead atoms. The number of benzene rings is 1. The fourth-order valence-corrected chi connectivity index (χ4v) is 3.42. The van der Waals surface area contributed by atoms with Crippen LogP contribution >= 0.6 is 0 Å². The summed E-state index contributed by atoms with van der Waals surface area (Å²) in [5, 5.41) is 0. The summed E-state index contributed by atoms with van der Waals surface area (Å²) >= 11 is 0. The van der Waals surface area contributed by atoms with Crippen molar-refractivity contribution in [3.63, 3.8) is 0 Å². The molecule has 112 valence electrons. The summed E-state index contributed by atoms with van der Waals surface area (Å²) in [5.74, 6) is 0.619. The van der Waals surface area contributed by atoms with Gasteiger partial charge in [0.15, 0.2) is 0 Å². The van der Waals surface area contributed by atoms with Gasteiger partial charge < -0.3 is 9.64 Å². The molecule has 1 aromatic rings. The predicted molar refractivity (Wildman–Crippen MR) is 85.3 cm³/mol. The normalized spacial score (nSPS) is 25.3. The third-order valence-electron chi connectivity index (χ3n) is 4.79. The van der Waals surface area contributed by atoms with E-state index in [9.17, 15) is 4.79 Å². The third kappa shape index (κ3) is 2.62. The Bertz CT molecular complexity index is 591. The molecular formula is C18H23NO2. The first-order valence-corrected chi connectivity index (χ1v) is 7.78. The summed E-state index contributed by atoms with van der Waals surface area (Å²) in [5.41, 5.74) is 5.03. The molecule has 21 heavy (non-hydrogen) atoms. The topological polar surface area (TPSA) is 29.5 Å². The van der Waals surface area contributed by atoms with E-state index in [4.69, 9.17) is 4.74 Å². The quantitative estimate of drug-likeness (QED) is 0.791. The first-order chi connectivity index (χ1) is 10.1. The van der Waals surface area contributed by atoms with Crippen LogP contribution < -0.4 is 4.90 Å². The number of anilines is 1. The number of ether oxygens (including phenoxy) is 1. The standard InChI is InChI=1S/C18H23NO2/c1-12-10-17-11-16(15-6-8-21-9-7-15)4-5-18(17)19(13(12)2)14(3)20/h4-6,11-13H,7-10H2,1-3H3. The van der Waals surface area contributed by atoms with Crippen molar-refractivity contribution in [1.82, 2.24) is 0 Å². The van der Waals surface area contributed by atoms with Crippen LogP contribution in [0.1, 0.15) is 38.3 Å². The molecule has 0 radical (unpaired) electrons. The van der Waals surface area contributed by atoms with E-state index in [0.29, 0.717) is 12.5 Å². The van der Waals surface area contributed by atoms with Crippen LogP contribution in [-0.4, -0.2) is 25.2 Å². The Morgan fingerprint density at radius 1 is 1.33 bits per heavy atom. The monoisotopic (exact) mass is 285 g/mol. The molecule has 3 heteroatoms. The van der Waals surface area contributed by atoms with Gasteiger partial charge in [-0.05, 0) is 54.5 Å². The van der Waals surface area contributed by atoms with Gasteiger partial charge in [0.05, 0.1) is 13.2 Å². The lowest BCUT2D eigenvalue weighted by Gasteiger charge is -2.39. The van der Waals surface area contributed by atoms with Crippen LogP contribution in [0.5, 0.6) is 0 Å². The predicted octanol–water partition coefficient (Wildman–Crippen LogP) is 3.42. The van der Waals surface area contributed by atoms with E-state index in [1.165, 1.54) is 16.7 Å². The SMILES string of the molecule is CC(=O)N1c2ccc(C3=CCOCC3)cc2CC(C)C1C. The number of rotatable bonds is 1. The maximum Gasteiger partial charge on any atom is 0.224 e. The first kappa shape index (κ1) is 14.3. The molecule has 0 spiro atoms. The van der Waals surface area contributed by atoms with Gasteiger partial charge in [0.1, 0.15) is 0 Å².